The van der Waals surface area contributed by atoms with Gasteiger partial charge in [-0.1, -0.05) is 43.0 Å². The second-order valence-electron chi connectivity index (χ2n) is 9.65. The van der Waals surface area contributed by atoms with Crippen LogP contribution in [0.2, 0.25) is 30.7 Å². The van der Waals surface area contributed by atoms with Gasteiger partial charge in [0.25, 0.3) is 0 Å². The number of methoxy groups -OCH3 is 2. The maximum atomic E-state index is 12.1. The molecular weight excluding hydrogens is 560 g/mol. The number of carbonyl (C=O) groups excluding carboxylic acids is 1. The monoisotopic (exact) mass is 592 g/mol. The van der Waals surface area contributed by atoms with Crippen molar-refractivity contribution in [3.63, 3.8) is 0 Å². The van der Waals surface area contributed by atoms with E-state index in [0.717, 1.165) is 17.8 Å². The summed E-state index contributed by atoms with van der Waals surface area (Å²) in [7, 11) is 1.74. The largest absolute Gasteiger partial charge is 0.493 e. The van der Waals surface area contributed by atoms with Crippen LogP contribution in [0.3, 0.4) is 0 Å². The maximum absolute atomic E-state index is 12.1. The van der Waals surface area contributed by atoms with Gasteiger partial charge in [0.1, 0.15) is 18.4 Å². The number of hydrogen-bond acceptors (Lipinski definition) is 10. The lowest BCUT2D eigenvalue weighted by atomic mass is 10.1. The fourth-order valence-electron chi connectivity index (χ4n) is 3.59. The van der Waals surface area contributed by atoms with E-state index in [2.05, 4.69) is 25.7 Å². The standard InChI is InChI=1S/C26H33ClN4O6SSi/c1-7-36-22(32)14-38-26-29-24(18-10-21(37-16-33-2)20(34-3)11-19(18)27)23-17(12-28)13-31(25(23)30-26)15-35-8-9-39(4,5)6/h10-11,13H,7-9,14-16H2,1-6H3. The van der Waals surface area contributed by atoms with Gasteiger partial charge in [-0.2, -0.15) is 5.26 Å². The minimum Gasteiger partial charge on any atom is -0.493 e. The highest BCUT2D eigenvalue weighted by molar-refractivity contribution is 7.99. The molecule has 0 saturated carbocycles. The molecule has 0 unspecified atom stereocenters. The van der Waals surface area contributed by atoms with Gasteiger partial charge in [-0.05, 0) is 19.0 Å². The third kappa shape index (κ3) is 8.09. The fraction of sp³-hybridized carbons (Fsp3) is 0.462. The van der Waals surface area contributed by atoms with Gasteiger partial charge in [0.15, 0.2) is 23.4 Å². The van der Waals surface area contributed by atoms with Gasteiger partial charge in [0.05, 0.1) is 41.1 Å². The molecule has 0 bridgehead atoms. The molecule has 0 fully saturated rings. The fourth-order valence-corrected chi connectivity index (χ4v) is 5.22. The van der Waals surface area contributed by atoms with Crippen molar-refractivity contribution in [2.24, 2.45) is 0 Å². The number of rotatable bonds is 14. The number of halogens is 1. The van der Waals surface area contributed by atoms with Crippen LogP contribution in [0.5, 0.6) is 11.5 Å². The highest BCUT2D eigenvalue weighted by Gasteiger charge is 2.23. The van der Waals surface area contributed by atoms with Gasteiger partial charge in [0.2, 0.25) is 0 Å². The molecule has 0 spiro atoms. The second-order valence-corrected chi connectivity index (χ2v) is 16.6. The van der Waals surface area contributed by atoms with Gasteiger partial charge < -0.3 is 28.3 Å². The Bertz CT molecular complexity index is 1360. The summed E-state index contributed by atoms with van der Waals surface area (Å²) in [6, 6.07) is 6.55. The Labute approximate surface area is 238 Å². The molecule has 0 radical (unpaired) electrons. The highest BCUT2D eigenvalue weighted by Crippen LogP contribution is 2.41. The number of ether oxygens (including phenoxy) is 5. The average Bonchev–Trinajstić information content (AvgIpc) is 3.26. The molecule has 3 rings (SSSR count). The Morgan fingerprint density at radius 3 is 2.62 bits per heavy atom. The van der Waals surface area contributed by atoms with E-state index in [4.69, 9.17) is 45.3 Å². The number of carbonyl (C=O) groups is 1. The van der Waals surface area contributed by atoms with Gasteiger partial charge in [-0.15, -0.1) is 0 Å². The van der Waals surface area contributed by atoms with E-state index in [0.29, 0.717) is 56.1 Å². The zero-order chi connectivity index (χ0) is 28.6. The van der Waals surface area contributed by atoms with E-state index >= 15 is 0 Å². The minimum atomic E-state index is -1.28. The van der Waals surface area contributed by atoms with Crippen LogP contribution >= 0.6 is 23.4 Å². The third-order valence-corrected chi connectivity index (χ3v) is 8.35. The van der Waals surface area contributed by atoms with E-state index in [1.807, 2.05) is 0 Å². The minimum absolute atomic E-state index is 0.00809. The first-order valence-corrected chi connectivity index (χ1v) is 17.4. The molecule has 0 aliphatic rings. The Morgan fingerprint density at radius 1 is 1.21 bits per heavy atom. The smallest absolute Gasteiger partial charge is 0.316 e. The summed E-state index contributed by atoms with van der Waals surface area (Å²) in [6.07, 6.45) is 1.69. The number of nitrogens with zero attached hydrogens (tertiary/aromatic N) is 4. The van der Waals surface area contributed by atoms with Crippen LogP contribution in [0.25, 0.3) is 22.3 Å². The number of benzene rings is 1. The molecule has 0 atom stereocenters. The zero-order valence-corrected chi connectivity index (χ0v) is 25.6. The quantitative estimate of drug-likeness (QED) is 0.0586. The lowest BCUT2D eigenvalue weighted by Gasteiger charge is -2.16. The molecule has 10 nitrogen and oxygen atoms in total. The molecule has 2 heterocycles. The summed E-state index contributed by atoms with van der Waals surface area (Å²) in [5.41, 5.74) is 1.77. The lowest BCUT2D eigenvalue weighted by Crippen LogP contribution is -2.22. The molecule has 0 aliphatic carbocycles. The van der Waals surface area contributed by atoms with Gasteiger partial charge in [-0.3, -0.25) is 4.79 Å². The molecule has 0 saturated heterocycles. The molecule has 1 aromatic carbocycles. The average molecular weight is 593 g/mol. The van der Waals surface area contributed by atoms with Crippen LogP contribution < -0.4 is 9.47 Å². The van der Waals surface area contributed by atoms with Gasteiger partial charge in [-0.25, -0.2) is 9.97 Å². The summed E-state index contributed by atoms with van der Waals surface area (Å²) in [5.74, 6) is 0.444. The zero-order valence-electron chi connectivity index (χ0n) is 23.0. The topological polar surface area (TPSA) is 118 Å². The first-order valence-electron chi connectivity index (χ1n) is 12.3. The molecule has 0 N–H and O–H groups in total. The molecule has 0 amide bonds. The van der Waals surface area contributed by atoms with Crippen molar-refractivity contribution in [1.29, 1.82) is 5.26 Å². The SMILES string of the molecule is CCOC(=O)CSc1nc(-c2cc(OCOC)c(OC)cc2Cl)c2c(C#N)cn(COCC[Si](C)(C)C)c2n1. The number of nitriles is 1. The van der Waals surface area contributed by atoms with Crippen LogP contribution in [0.4, 0.5) is 0 Å². The number of aromatic nitrogens is 3. The predicted octanol–water partition coefficient (Wildman–Crippen LogP) is 5.58. The Morgan fingerprint density at radius 2 is 1.97 bits per heavy atom. The molecular formula is C26H33ClN4O6SSi. The maximum Gasteiger partial charge on any atom is 0.316 e. The molecule has 13 heteroatoms. The summed E-state index contributed by atoms with van der Waals surface area (Å²) in [4.78, 5) is 21.5. The number of thioether (sulfide) groups is 1. The van der Waals surface area contributed by atoms with Crippen molar-refractivity contribution >= 4 is 48.4 Å². The summed E-state index contributed by atoms with van der Waals surface area (Å²) in [6.45, 7) is 9.67. The number of fused-ring (bicyclic) bond motifs is 1. The van der Waals surface area contributed by atoms with Crippen molar-refractivity contribution < 1.29 is 28.5 Å². The van der Waals surface area contributed by atoms with Gasteiger partial charge >= 0.3 is 5.97 Å². The van der Waals surface area contributed by atoms with E-state index in [1.54, 1.807) is 29.8 Å². The van der Waals surface area contributed by atoms with Crippen LogP contribution in [-0.2, 0) is 25.7 Å². The predicted molar refractivity (Wildman–Crippen MR) is 153 cm³/mol. The summed E-state index contributed by atoms with van der Waals surface area (Å²) >= 11 is 7.83. The van der Waals surface area contributed by atoms with Crippen molar-refractivity contribution in [3.8, 4) is 28.8 Å². The Kier molecular flexibility index (Phi) is 11.0. The van der Waals surface area contributed by atoms with Crippen molar-refractivity contribution in [3.05, 3.63) is 28.9 Å². The van der Waals surface area contributed by atoms with E-state index < -0.39 is 8.07 Å². The molecule has 3 aromatic rings. The Hall–Kier alpha value is -2.82. The Balaban J connectivity index is 2.15. The van der Waals surface area contributed by atoms with Gasteiger partial charge in [0, 0.05) is 39.6 Å². The highest BCUT2D eigenvalue weighted by atomic mass is 35.5. The third-order valence-electron chi connectivity index (χ3n) is 5.51. The van der Waals surface area contributed by atoms with Crippen molar-refractivity contribution in [2.45, 2.75) is 44.5 Å². The van der Waals surface area contributed by atoms with E-state index in [-0.39, 0.29) is 31.9 Å². The van der Waals surface area contributed by atoms with E-state index in [1.165, 1.54) is 14.2 Å². The summed E-state index contributed by atoms with van der Waals surface area (Å²) in [5, 5.41) is 11.2. The van der Waals surface area contributed by atoms with E-state index in [9.17, 15) is 10.1 Å². The van der Waals surface area contributed by atoms with Crippen molar-refractivity contribution in [1.82, 2.24) is 14.5 Å². The number of esters is 1. The molecule has 0 aliphatic heterocycles. The normalized spacial score (nSPS) is 11.4. The van der Waals surface area contributed by atoms with Crippen LogP contribution in [0.1, 0.15) is 12.5 Å². The lowest BCUT2D eigenvalue weighted by molar-refractivity contribution is -0.139. The number of hydrogen-bond donors (Lipinski definition) is 0. The van der Waals surface area contributed by atoms with Crippen LogP contribution in [0.15, 0.2) is 23.5 Å². The van der Waals surface area contributed by atoms with Crippen molar-refractivity contribution in [2.75, 3.05) is 40.0 Å². The molecule has 39 heavy (non-hydrogen) atoms. The first-order chi connectivity index (χ1) is 18.6. The molecule has 210 valence electrons. The molecule has 2 aromatic heterocycles. The van der Waals surface area contributed by atoms with Crippen LogP contribution in [0, 0.1) is 11.3 Å². The summed E-state index contributed by atoms with van der Waals surface area (Å²) < 4.78 is 29.0. The first kappa shape index (κ1) is 30.7. The second kappa shape index (κ2) is 14.0. The van der Waals surface area contributed by atoms with Crippen LogP contribution in [-0.4, -0.2) is 68.6 Å².